The lowest BCUT2D eigenvalue weighted by Crippen LogP contribution is -2.12. The highest BCUT2D eigenvalue weighted by atomic mass is 17.2. The first kappa shape index (κ1) is 13.2. The SMILES string of the molecule is CC(=O)OOC(=O)c1cc2ccccc2c2c1C=CCO2. The lowest BCUT2D eigenvalue weighted by molar-refractivity contribution is -0.231. The molecule has 0 saturated carbocycles. The van der Waals surface area contributed by atoms with Crippen LogP contribution in [0, 0.1) is 0 Å². The molecule has 0 aliphatic carbocycles. The van der Waals surface area contributed by atoms with Crippen molar-refractivity contribution in [2.45, 2.75) is 6.92 Å². The maximum Gasteiger partial charge on any atom is 0.387 e. The summed E-state index contributed by atoms with van der Waals surface area (Å²) in [5.41, 5.74) is 0.915. The number of carbonyl (C=O) groups is 2. The molecule has 0 spiro atoms. The van der Waals surface area contributed by atoms with E-state index in [4.69, 9.17) is 4.74 Å². The largest absolute Gasteiger partial charge is 0.488 e. The highest BCUT2D eigenvalue weighted by Crippen LogP contribution is 2.36. The molecule has 5 heteroatoms. The van der Waals surface area contributed by atoms with Crippen LogP contribution in [0.2, 0.25) is 0 Å². The topological polar surface area (TPSA) is 61.8 Å². The van der Waals surface area contributed by atoms with Gasteiger partial charge in [-0.1, -0.05) is 30.3 Å². The Balaban J connectivity index is 2.12. The molecule has 5 nitrogen and oxygen atoms in total. The first-order valence-corrected chi connectivity index (χ1v) is 6.41. The molecule has 0 fully saturated rings. The van der Waals surface area contributed by atoms with Gasteiger partial charge in [0.15, 0.2) is 0 Å². The van der Waals surface area contributed by atoms with Gasteiger partial charge in [-0.3, -0.25) is 0 Å². The molecule has 0 aromatic heterocycles. The van der Waals surface area contributed by atoms with Gasteiger partial charge in [0, 0.05) is 17.9 Å². The first-order chi connectivity index (χ1) is 10.2. The van der Waals surface area contributed by atoms with E-state index >= 15 is 0 Å². The molecule has 0 radical (unpaired) electrons. The summed E-state index contributed by atoms with van der Waals surface area (Å²) in [7, 11) is 0. The zero-order valence-corrected chi connectivity index (χ0v) is 11.3. The van der Waals surface area contributed by atoms with Gasteiger partial charge in [0.25, 0.3) is 0 Å². The van der Waals surface area contributed by atoms with Gasteiger partial charge in [0.2, 0.25) is 0 Å². The fraction of sp³-hybridized carbons (Fsp3) is 0.125. The van der Waals surface area contributed by atoms with Crippen LogP contribution in [0.25, 0.3) is 16.8 Å². The summed E-state index contributed by atoms with van der Waals surface area (Å²) in [5, 5.41) is 1.77. The van der Waals surface area contributed by atoms with Gasteiger partial charge in [-0.05, 0) is 17.5 Å². The number of ether oxygens (including phenoxy) is 1. The molecule has 2 aromatic rings. The van der Waals surface area contributed by atoms with E-state index < -0.39 is 11.9 Å². The molecule has 0 unspecified atom stereocenters. The van der Waals surface area contributed by atoms with E-state index in [1.165, 1.54) is 0 Å². The number of fused-ring (bicyclic) bond motifs is 3. The van der Waals surface area contributed by atoms with Crippen LogP contribution in [0.15, 0.2) is 36.4 Å². The van der Waals surface area contributed by atoms with E-state index in [9.17, 15) is 9.59 Å². The van der Waals surface area contributed by atoms with Crippen molar-refractivity contribution < 1.29 is 24.1 Å². The minimum Gasteiger partial charge on any atom is -0.488 e. The lowest BCUT2D eigenvalue weighted by Gasteiger charge is -2.17. The van der Waals surface area contributed by atoms with E-state index in [0.717, 1.165) is 17.7 Å². The second-order valence-corrected chi connectivity index (χ2v) is 4.55. The molecule has 0 amide bonds. The molecule has 3 rings (SSSR count). The van der Waals surface area contributed by atoms with Crippen molar-refractivity contribution in [3.63, 3.8) is 0 Å². The number of hydrogen-bond donors (Lipinski definition) is 0. The summed E-state index contributed by atoms with van der Waals surface area (Å²) in [6, 6.07) is 9.27. The third-order valence-electron chi connectivity index (χ3n) is 3.10. The lowest BCUT2D eigenvalue weighted by atomic mass is 9.98. The molecule has 1 heterocycles. The van der Waals surface area contributed by atoms with Crippen molar-refractivity contribution in [1.82, 2.24) is 0 Å². The molecule has 0 atom stereocenters. The van der Waals surface area contributed by atoms with Gasteiger partial charge in [-0.2, -0.15) is 0 Å². The number of hydrogen-bond acceptors (Lipinski definition) is 5. The highest BCUT2D eigenvalue weighted by Gasteiger charge is 2.21. The first-order valence-electron chi connectivity index (χ1n) is 6.41. The molecule has 0 bridgehead atoms. The van der Waals surface area contributed by atoms with Gasteiger partial charge in [0.05, 0.1) is 5.56 Å². The van der Waals surface area contributed by atoms with Gasteiger partial charge in [-0.15, -0.1) is 0 Å². The molecule has 1 aliphatic heterocycles. The van der Waals surface area contributed by atoms with Crippen LogP contribution < -0.4 is 4.74 Å². The monoisotopic (exact) mass is 284 g/mol. The maximum absolute atomic E-state index is 12.1. The van der Waals surface area contributed by atoms with Crippen LogP contribution >= 0.6 is 0 Å². The molecule has 21 heavy (non-hydrogen) atoms. The summed E-state index contributed by atoms with van der Waals surface area (Å²) in [6.45, 7) is 1.60. The summed E-state index contributed by atoms with van der Waals surface area (Å²) in [5.74, 6) is -0.794. The number of carbonyl (C=O) groups excluding carboxylic acids is 2. The van der Waals surface area contributed by atoms with Crippen LogP contribution in [-0.2, 0) is 14.6 Å². The van der Waals surface area contributed by atoms with Gasteiger partial charge < -0.3 is 4.74 Å². The predicted molar refractivity (Wildman–Crippen MR) is 75.7 cm³/mol. The van der Waals surface area contributed by atoms with Crippen LogP contribution in [0.4, 0.5) is 0 Å². The Labute approximate surface area is 120 Å². The second-order valence-electron chi connectivity index (χ2n) is 4.55. The van der Waals surface area contributed by atoms with Crippen LogP contribution in [0.3, 0.4) is 0 Å². The Kier molecular flexibility index (Phi) is 3.31. The molecular weight excluding hydrogens is 272 g/mol. The molecule has 2 aromatic carbocycles. The summed E-state index contributed by atoms with van der Waals surface area (Å²) in [6.07, 6.45) is 3.61. The number of rotatable bonds is 1. The van der Waals surface area contributed by atoms with E-state index in [0.29, 0.717) is 23.5 Å². The van der Waals surface area contributed by atoms with Crippen LogP contribution in [0.5, 0.6) is 5.75 Å². The smallest absolute Gasteiger partial charge is 0.387 e. The van der Waals surface area contributed by atoms with Crippen molar-refractivity contribution in [2.24, 2.45) is 0 Å². The molecule has 1 aliphatic rings. The van der Waals surface area contributed by atoms with Crippen molar-refractivity contribution in [3.05, 3.63) is 47.5 Å². The van der Waals surface area contributed by atoms with Crippen molar-refractivity contribution in [2.75, 3.05) is 6.61 Å². The summed E-state index contributed by atoms with van der Waals surface area (Å²) >= 11 is 0. The Morgan fingerprint density at radius 1 is 1.19 bits per heavy atom. The van der Waals surface area contributed by atoms with Gasteiger partial charge >= 0.3 is 11.9 Å². The maximum atomic E-state index is 12.1. The minimum atomic E-state index is -0.734. The number of benzene rings is 2. The normalized spacial score (nSPS) is 12.4. The third kappa shape index (κ3) is 2.45. The molecule has 106 valence electrons. The van der Waals surface area contributed by atoms with Gasteiger partial charge in [0.1, 0.15) is 12.4 Å². The van der Waals surface area contributed by atoms with Crippen molar-refractivity contribution in [1.29, 1.82) is 0 Å². The van der Waals surface area contributed by atoms with Crippen LogP contribution in [0.1, 0.15) is 22.8 Å². The van der Waals surface area contributed by atoms with E-state index in [1.807, 2.05) is 24.3 Å². The van der Waals surface area contributed by atoms with E-state index in [2.05, 4.69) is 9.78 Å². The van der Waals surface area contributed by atoms with Crippen molar-refractivity contribution >= 4 is 28.8 Å². The van der Waals surface area contributed by atoms with E-state index in [1.54, 1.807) is 18.2 Å². The molecule has 0 N–H and O–H groups in total. The third-order valence-corrected chi connectivity index (χ3v) is 3.10. The van der Waals surface area contributed by atoms with Gasteiger partial charge in [-0.25, -0.2) is 19.4 Å². The standard InChI is InChI=1S/C16H12O5/c1-10(17)20-21-16(18)14-9-11-5-2-3-6-12(11)15-13(14)7-4-8-19-15/h2-7,9H,8H2,1H3. The fourth-order valence-corrected chi connectivity index (χ4v) is 2.26. The summed E-state index contributed by atoms with van der Waals surface area (Å²) < 4.78 is 5.65. The zero-order chi connectivity index (χ0) is 14.8. The summed E-state index contributed by atoms with van der Waals surface area (Å²) in [4.78, 5) is 31.7. The highest BCUT2D eigenvalue weighted by molar-refractivity contribution is 6.03. The zero-order valence-electron chi connectivity index (χ0n) is 11.3. The minimum absolute atomic E-state index is 0.293. The Morgan fingerprint density at radius 2 is 2.00 bits per heavy atom. The average Bonchev–Trinajstić information content (AvgIpc) is 2.51. The van der Waals surface area contributed by atoms with Crippen molar-refractivity contribution in [3.8, 4) is 5.75 Å². The van der Waals surface area contributed by atoms with E-state index in [-0.39, 0.29) is 0 Å². The Hall–Kier alpha value is -2.82. The molecule has 0 saturated heterocycles. The predicted octanol–water partition coefficient (Wildman–Crippen LogP) is 2.88. The quantitative estimate of drug-likeness (QED) is 0.595. The Morgan fingerprint density at radius 3 is 2.81 bits per heavy atom. The second kappa shape index (κ2) is 5.28. The average molecular weight is 284 g/mol. The molecular formula is C16H12O5. The Bertz CT molecular complexity index is 761. The van der Waals surface area contributed by atoms with Crippen LogP contribution in [-0.4, -0.2) is 18.5 Å². The fourth-order valence-electron chi connectivity index (χ4n) is 2.26.